The van der Waals surface area contributed by atoms with Gasteiger partial charge in [-0.25, -0.2) is 0 Å². The summed E-state index contributed by atoms with van der Waals surface area (Å²) in [6, 6.07) is 78.8. The van der Waals surface area contributed by atoms with Crippen LogP contribution in [0, 0.1) is 50.4 Å². The van der Waals surface area contributed by atoms with Crippen molar-refractivity contribution >= 4 is 43.6 Å². The summed E-state index contributed by atoms with van der Waals surface area (Å²) in [6.07, 6.45) is -4.82. The van der Waals surface area contributed by atoms with Crippen molar-refractivity contribution in [2.75, 3.05) is 0 Å². The second kappa shape index (κ2) is 19.4. The van der Waals surface area contributed by atoms with E-state index >= 15 is 13.2 Å². The highest BCUT2D eigenvalue weighted by Gasteiger charge is 2.35. The van der Waals surface area contributed by atoms with Gasteiger partial charge in [0.1, 0.15) is 0 Å². The predicted octanol–water partition coefficient (Wildman–Crippen LogP) is 19.9. The van der Waals surface area contributed by atoms with Crippen LogP contribution in [0.2, 0.25) is 0 Å². The Hall–Kier alpha value is -10.2. The SMILES string of the molecule is Cc1cccc(-c2ccc3c(c2)c2cc(-c4cccc(C)c4)ccc2n3-c2ccc(-c3ccc(C#N)cc3C(F)(F)F)c(-c3cc(C#N)ccc3-n3c4ccc(-c5cccc(C)c5)cc4c4cc(-c5cccc(C)c5)ccc43)c2)c1. The number of aromatic nitrogens is 2. The number of benzene rings is 11. The number of fused-ring (bicyclic) bond motifs is 6. The molecule has 0 aliphatic carbocycles. The summed E-state index contributed by atoms with van der Waals surface area (Å²) in [5.74, 6) is 0. The topological polar surface area (TPSA) is 57.4 Å². The van der Waals surface area contributed by atoms with Crippen LogP contribution in [0.25, 0.3) is 122 Å². The van der Waals surface area contributed by atoms with Crippen molar-refractivity contribution in [2.45, 2.75) is 33.9 Å². The van der Waals surface area contributed by atoms with Gasteiger partial charge in [0.2, 0.25) is 0 Å². The average molecular weight is 1040 g/mol. The quantitative estimate of drug-likeness (QED) is 0.152. The minimum Gasteiger partial charge on any atom is -0.309 e. The fourth-order valence-electron chi connectivity index (χ4n) is 11.8. The molecule has 11 aromatic carbocycles. The minimum atomic E-state index is -4.82. The zero-order valence-corrected chi connectivity index (χ0v) is 44.3. The number of alkyl halides is 3. The molecule has 0 N–H and O–H groups in total. The maximum absolute atomic E-state index is 15.6. The van der Waals surface area contributed by atoms with Gasteiger partial charge in [0, 0.05) is 32.8 Å². The number of nitriles is 2. The highest BCUT2D eigenvalue weighted by molar-refractivity contribution is 6.14. The monoisotopic (exact) mass is 1040 g/mol. The third-order valence-electron chi connectivity index (χ3n) is 15.6. The Morgan fingerprint density at radius 2 is 0.700 bits per heavy atom. The van der Waals surface area contributed by atoms with Gasteiger partial charge in [-0.3, -0.25) is 0 Å². The van der Waals surface area contributed by atoms with E-state index in [-0.39, 0.29) is 16.7 Å². The highest BCUT2D eigenvalue weighted by Crippen LogP contribution is 2.47. The molecule has 7 heteroatoms. The number of rotatable bonds is 8. The zero-order valence-electron chi connectivity index (χ0n) is 44.3. The molecular formula is C73H49F3N4. The summed E-state index contributed by atoms with van der Waals surface area (Å²) in [4.78, 5) is 0. The first-order chi connectivity index (χ1) is 38.8. The van der Waals surface area contributed by atoms with E-state index in [9.17, 15) is 10.5 Å². The van der Waals surface area contributed by atoms with Crippen LogP contribution in [0.3, 0.4) is 0 Å². The highest BCUT2D eigenvalue weighted by atomic mass is 19.4. The number of aryl methyl sites for hydroxylation is 4. The van der Waals surface area contributed by atoms with Gasteiger partial charge in [-0.05, 0) is 180 Å². The summed E-state index contributed by atoms with van der Waals surface area (Å²) in [6.45, 7) is 8.34. The summed E-state index contributed by atoms with van der Waals surface area (Å²) >= 11 is 0. The molecule has 0 saturated heterocycles. The Bertz CT molecular complexity index is 4580. The van der Waals surface area contributed by atoms with E-state index in [1.807, 2.05) is 24.3 Å². The summed E-state index contributed by atoms with van der Waals surface area (Å²) in [5, 5.41) is 24.7. The first-order valence-corrected chi connectivity index (χ1v) is 26.6. The van der Waals surface area contributed by atoms with Crippen molar-refractivity contribution in [1.29, 1.82) is 10.5 Å². The lowest BCUT2D eigenvalue weighted by Crippen LogP contribution is -2.08. The van der Waals surface area contributed by atoms with Crippen LogP contribution in [-0.2, 0) is 6.18 Å². The van der Waals surface area contributed by atoms with Gasteiger partial charge < -0.3 is 9.13 Å². The molecule has 2 heterocycles. The Morgan fingerprint density at radius 3 is 1.10 bits per heavy atom. The molecular weight excluding hydrogens is 990 g/mol. The Balaban J connectivity index is 1.11. The molecule has 2 aromatic heterocycles. The first kappa shape index (κ1) is 49.4. The number of halogens is 3. The predicted molar refractivity (Wildman–Crippen MR) is 321 cm³/mol. The van der Waals surface area contributed by atoms with E-state index < -0.39 is 11.7 Å². The zero-order chi connectivity index (χ0) is 55.0. The van der Waals surface area contributed by atoms with E-state index in [2.05, 4.69) is 213 Å². The van der Waals surface area contributed by atoms with Crippen molar-refractivity contribution in [3.05, 3.63) is 263 Å². The molecule has 0 spiro atoms. The van der Waals surface area contributed by atoms with E-state index in [4.69, 9.17) is 0 Å². The maximum atomic E-state index is 15.6. The first-order valence-electron chi connectivity index (χ1n) is 26.6. The van der Waals surface area contributed by atoms with Gasteiger partial charge >= 0.3 is 6.18 Å². The fraction of sp³-hybridized carbons (Fsp3) is 0.0685. The molecule has 80 heavy (non-hydrogen) atoms. The third kappa shape index (κ3) is 8.67. The molecule has 0 bridgehead atoms. The lowest BCUT2D eigenvalue weighted by molar-refractivity contribution is -0.137. The van der Waals surface area contributed by atoms with E-state index in [1.165, 1.54) is 12.1 Å². The smallest absolute Gasteiger partial charge is 0.309 e. The van der Waals surface area contributed by atoms with Crippen molar-refractivity contribution in [1.82, 2.24) is 9.13 Å². The molecule has 0 amide bonds. The van der Waals surface area contributed by atoms with Crippen LogP contribution in [0.15, 0.2) is 224 Å². The number of hydrogen-bond acceptors (Lipinski definition) is 2. The molecule has 0 unspecified atom stereocenters. The van der Waals surface area contributed by atoms with Crippen molar-refractivity contribution < 1.29 is 13.2 Å². The van der Waals surface area contributed by atoms with E-state index in [0.717, 1.165) is 116 Å². The summed E-state index contributed by atoms with van der Waals surface area (Å²) in [5.41, 5.74) is 18.6. The van der Waals surface area contributed by atoms with Crippen molar-refractivity contribution in [3.8, 4) is 90.3 Å². The van der Waals surface area contributed by atoms with Gasteiger partial charge in [-0.2, -0.15) is 23.7 Å². The molecule has 0 fully saturated rings. The van der Waals surface area contributed by atoms with Crippen LogP contribution >= 0.6 is 0 Å². The summed E-state index contributed by atoms with van der Waals surface area (Å²) < 4.78 is 51.0. The molecule has 0 saturated carbocycles. The molecule has 0 atom stereocenters. The van der Waals surface area contributed by atoms with Gasteiger partial charge in [0.25, 0.3) is 0 Å². The molecule has 382 valence electrons. The van der Waals surface area contributed by atoms with Crippen molar-refractivity contribution in [2.24, 2.45) is 0 Å². The van der Waals surface area contributed by atoms with Crippen LogP contribution in [-0.4, -0.2) is 9.13 Å². The van der Waals surface area contributed by atoms with Gasteiger partial charge in [0.15, 0.2) is 0 Å². The van der Waals surface area contributed by atoms with E-state index in [1.54, 1.807) is 18.2 Å². The average Bonchev–Trinajstić information content (AvgIpc) is 4.18. The van der Waals surface area contributed by atoms with Crippen LogP contribution in [0.4, 0.5) is 13.2 Å². The molecule has 4 nitrogen and oxygen atoms in total. The lowest BCUT2D eigenvalue weighted by Gasteiger charge is -2.21. The van der Waals surface area contributed by atoms with Gasteiger partial charge in [0.05, 0.1) is 56.6 Å². The van der Waals surface area contributed by atoms with Crippen LogP contribution in [0.1, 0.15) is 38.9 Å². The number of hydrogen-bond donors (Lipinski definition) is 0. The molecule has 0 radical (unpaired) electrons. The minimum absolute atomic E-state index is 0.0907. The number of nitrogens with zero attached hydrogens (tertiary/aromatic N) is 4. The second-order valence-electron chi connectivity index (χ2n) is 21.0. The third-order valence-corrected chi connectivity index (χ3v) is 15.6. The van der Waals surface area contributed by atoms with Crippen LogP contribution in [0.5, 0.6) is 0 Å². The molecule has 13 rings (SSSR count). The molecule has 0 aliphatic heterocycles. The maximum Gasteiger partial charge on any atom is 0.417 e. The Labute approximate surface area is 461 Å². The summed E-state index contributed by atoms with van der Waals surface area (Å²) in [7, 11) is 0. The standard InChI is InChI=1S/C73H49F3N4/c1-44-9-5-13-50(31-44)54-19-27-68-63(37-54)64-38-55(51-14-6-10-45(2)32-51)20-28-69(64)79(68)58-23-25-59(60-24-17-49(43-78)36-67(60)73(74,75)76)61(41-58)62-35-48(42-77)18-26-70(62)80-71-29-21-56(52-15-7-11-46(3)33-52)39-65(71)66-40-57(22-30-72(66)80)53-16-8-12-47(4)34-53/h5-41H,1-4H3. The Morgan fingerprint density at radius 1 is 0.325 bits per heavy atom. The van der Waals surface area contributed by atoms with Crippen LogP contribution < -0.4 is 0 Å². The Kier molecular flexibility index (Phi) is 11.9. The molecule has 0 aliphatic rings. The normalized spacial score (nSPS) is 11.7. The lowest BCUT2D eigenvalue weighted by atomic mass is 9.89. The van der Waals surface area contributed by atoms with Gasteiger partial charge in [-0.1, -0.05) is 156 Å². The molecule has 13 aromatic rings. The fourth-order valence-corrected chi connectivity index (χ4v) is 11.8. The second-order valence-corrected chi connectivity index (χ2v) is 21.0. The van der Waals surface area contributed by atoms with Gasteiger partial charge in [-0.15, -0.1) is 0 Å². The van der Waals surface area contributed by atoms with E-state index in [0.29, 0.717) is 28.1 Å². The van der Waals surface area contributed by atoms with Crippen molar-refractivity contribution in [3.63, 3.8) is 0 Å². The largest absolute Gasteiger partial charge is 0.417 e.